The Labute approximate surface area is 163 Å². The lowest BCUT2D eigenvalue weighted by Crippen LogP contribution is -2.34. The van der Waals surface area contributed by atoms with Gasteiger partial charge in [0.1, 0.15) is 11.6 Å². The van der Waals surface area contributed by atoms with E-state index in [0.29, 0.717) is 36.6 Å². The molecule has 3 rings (SSSR count). The highest BCUT2D eigenvalue weighted by Crippen LogP contribution is 2.24. The number of ether oxygens (including phenoxy) is 1. The van der Waals surface area contributed by atoms with E-state index in [1.54, 1.807) is 12.1 Å². The third-order valence-corrected chi connectivity index (χ3v) is 4.70. The number of benzene rings is 1. The van der Waals surface area contributed by atoms with Gasteiger partial charge >= 0.3 is 5.97 Å². The molecule has 1 saturated heterocycles. The number of cyclic esters (lactones) is 1. The third-order valence-electron chi connectivity index (χ3n) is 4.70. The zero-order valence-electron chi connectivity index (χ0n) is 16.0. The largest absolute Gasteiger partial charge is 0.466 e. The minimum Gasteiger partial charge on any atom is -0.466 e. The Hall–Kier alpha value is -2.96. The fourth-order valence-electron chi connectivity index (χ4n) is 3.16. The maximum atomic E-state index is 13.4. The Kier molecular flexibility index (Phi) is 6.23. The Bertz CT molecular complexity index is 870. The molecule has 1 aliphatic heterocycles. The number of halogens is 1. The SMILES string of the molecule is CC(C)c1cc(Nc2cccc(F)c2)ncc1C(=O)NCC1CCOC(=O)C1. The summed E-state index contributed by atoms with van der Waals surface area (Å²) in [7, 11) is 0. The average Bonchev–Trinajstić information content (AvgIpc) is 2.66. The number of nitrogens with one attached hydrogen (secondary N) is 2. The van der Waals surface area contributed by atoms with Crippen LogP contribution in [0, 0.1) is 11.7 Å². The molecule has 1 unspecified atom stereocenters. The van der Waals surface area contributed by atoms with E-state index >= 15 is 0 Å². The van der Waals surface area contributed by atoms with E-state index < -0.39 is 0 Å². The topological polar surface area (TPSA) is 80.3 Å². The lowest BCUT2D eigenvalue weighted by atomic mass is 9.97. The van der Waals surface area contributed by atoms with E-state index in [4.69, 9.17) is 4.74 Å². The van der Waals surface area contributed by atoms with Crippen molar-refractivity contribution in [3.05, 3.63) is 53.5 Å². The number of hydrogen-bond acceptors (Lipinski definition) is 5. The van der Waals surface area contributed by atoms with Gasteiger partial charge in [0.2, 0.25) is 0 Å². The van der Waals surface area contributed by atoms with Crippen LogP contribution in [-0.2, 0) is 9.53 Å². The fraction of sp³-hybridized carbons (Fsp3) is 0.381. The Morgan fingerprint density at radius 2 is 2.18 bits per heavy atom. The van der Waals surface area contributed by atoms with Crippen LogP contribution in [0.25, 0.3) is 0 Å². The van der Waals surface area contributed by atoms with Crippen LogP contribution in [0.2, 0.25) is 0 Å². The smallest absolute Gasteiger partial charge is 0.306 e. The van der Waals surface area contributed by atoms with Gasteiger partial charge in [0, 0.05) is 18.4 Å². The summed E-state index contributed by atoms with van der Waals surface area (Å²) in [6, 6.07) is 7.92. The predicted octanol–water partition coefficient (Wildman–Crippen LogP) is 3.77. The summed E-state index contributed by atoms with van der Waals surface area (Å²) in [6.45, 7) is 4.82. The average molecular weight is 385 g/mol. The van der Waals surface area contributed by atoms with Gasteiger partial charge in [0.25, 0.3) is 5.91 Å². The van der Waals surface area contributed by atoms with Crippen molar-refractivity contribution in [2.75, 3.05) is 18.5 Å². The molecule has 28 heavy (non-hydrogen) atoms. The van der Waals surface area contributed by atoms with Crippen molar-refractivity contribution < 1.29 is 18.7 Å². The van der Waals surface area contributed by atoms with Crippen molar-refractivity contribution in [1.82, 2.24) is 10.3 Å². The summed E-state index contributed by atoms with van der Waals surface area (Å²) in [6.07, 6.45) is 2.60. The second-order valence-corrected chi connectivity index (χ2v) is 7.24. The minimum atomic E-state index is -0.336. The van der Waals surface area contributed by atoms with Gasteiger partial charge in [-0.15, -0.1) is 0 Å². The first-order chi connectivity index (χ1) is 13.4. The maximum absolute atomic E-state index is 13.4. The van der Waals surface area contributed by atoms with Crippen LogP contribution in [0.5, 0.6) is 0 Å². The number of amides is 1. The summed E-state index contributed by atoms with van der Waals surface area (Å²) in [5, 5.41) is 5.96. The van der Waals surface area contributed by atoms with Crippen LogP contribution in [0.1, 0.15) is 48.5 Å². The molecule has 0 spiro atoms. The molecule has 2 heterocycles. The van der Waals surface area contributed by atoms with Crippen LogP contribution in [-0.4, -0.2) is 30.0 Å². The molecule has 148 valence electrons. The molecule has 1 atom stereocenters. The molecule has 7 heteroatoms. The van der Waals surface area contributed by atoms with Crippen LogP contribution >= 0.6 is 0 Å². The lowest BCUT2D eigenvalue weighted by molar-refractivity contribution is -0.149. The van der Waals surface area contributed by atoms with E-state index in [1.807, 2.05) is 19.9 Å². The zero-order valence-corrected chi connectivity index (χ0v) is 16.0. The molecular formula is C21H24FN3O3. The van der Waals surface area contributed by atoms with Crippen LogP contribution < -0.4 is 10.6 Å². The van der Waals surface area contributed by atoms with Gasteiger partial charge in [0.05, 0.1) is 18.6 Å². The summed E-state index contributed by atoms with van der Waals surface area (Å²) in [5.74, 6) is -0.0381. The minimum absolute atomic E-state index is 0.0922. The molecule has 1 amide bonds. The Morgan fingerprint density at radius 3 is 2.89 bits per heavy atom. The van der Waals surface area contributed by atoms with Gasteiger partial charge in [-0.05, 0) is 48.1 Å². The quantitative estimate of drug-likeness (QED) is 0.740. The van der Waals surface area contributed by atoms with Gasteiger partial charge in [-0.1, -0.05) is 19.9 Å². The predicted molar refractivity (Wildman–Crippen MR) is 104 cm³/mol. The first-order valence-corrected chi connectivity index (χ1v) is 9.38. The van der Waals surface area contributed by atoms with Crippen LogP contribution in [0.15, 0.2) is 36.5 Å². The number of carbonyl (C=O) groups is 2. The molecule has 0 aliphatic carbocycles. The Morgan fingerprint density at radius 1 is 1.36 bits per heavy atom. The van der Waals surface area contributed by atoms with Crippen molar-refractivity contribution >= 4 is 23.4 Å². The molecule has 1 fully saturated rings. The van der Waals surface area contributed by atoms with Gasteiger partial charge in [-0.3, -0.25) is 9.59 Å². The third kappa shape index (κ3) is 5.06. The molecule has 0 bridgehead atoms. The molecule has 2 aromatic rings. The number of esters is 1. The van der Waals surface area contributed by atoms with Crippen molar-refractivity contribution in [2.24, 2.45) is 5.92 Å². The summed E-state index contributed by atoms with van der Waals surface area (Å²) in [4.78, 5) is 28.3. The molecule has 1 aliphatic rings. The number of anilines is 2. The van der Waals surface area contributed by atoms with E-state index in [9.17, 15) is 14.0 Å². The summed E-state index contributed by atoms with van der Waals surface area (Å²) >= 11 is 0. The first-order valence-electron chi connectivity index (χ1n) is 9.38. The van der Waals surface area contributed by atoms with E-state index in [1.165, 1.54) is 18.3 Å². The van der Waals surface area contributed by atoms with Crippen LogP contribution in [0.3, 0.4) is 0 Å². The van der Waals surface area contributed by atoms with Crippen molar-refractivity contribution in [3.63, 3.8) is 0 Å². The summed E-state index contributed by atoms with van der Waals surface area (Å²) < 4.78 is 18.3. The second kappa shape index (κ2) is 8.82. The lowest BCUT2D eigenvalue weighted by Gasteiger charge is -2.22. The molecule has 1 aromatic heterocycles. The fourth-order valence-corrected chi connectivity index (χ4v) is 3.16. The number of pyridine rings is 1. The zero-order chi connectivity index (χ0) is 20.1. The number of nitrogens with zero attached hydrogens (tertiary/aromatic N) is 1. The number of aromatic nitrogens is 1. The van der Waals surface area contributed by atoms with Gasteiger partial charge < -0.3 is 15.4 Å². The molecule has 6 nitrogen and oxygen atoms in total. The van der Waals surface area contributed by atoms with Gasteiger partial charge in [0.15, 0.2) is 0 Å². The molecule has 1 aromatic carbocycles. The van der Waals surface area contributed by atoms with Gasteiger partial charge in [-0.25, -0.2) is 9.37 Å². The highest BCUT2D eigenvalue weighted by molar-refractivity contribution is 5.96. The molecular weight excluding hydrogens is 361 g/mol. The molecule has 0 saturated carbocycles. The van der Waals surface area contributed by atoms with Crippen LogP contribution in [0.4, 0.5) is 15.9 Å². The highest BCUT2D eigenvalue weighted by Gasteiger charge is 2.22. The number of hydrogen-bond donors (Lipinski definition) is 2. The number of carbonyl (C=O) groups excluding carboxylic acids is 2. The van der Waals surface area contributed by atoms with Crippen molar-refractivity contribution in [2.45, 2.75) is 32.6 Å². The van der Waals surface area contributed by atoms with Crippen molar-refractivity contribution in [1.29, 1.82) is 0 Å². The number of rotatable bonds is 6. The normalized spacial score (nSPS) is 16.6. The van der Waals surface area contributed by atoms with E-state index in [2.05, 4.69) is 15.6 Å². The van der Waals surface area contributed by atoms with E-state index in [-0.39, 0.29) is 29.5 Å². The maximum Gasteiger partial charge on any atom is 0.306 e. The summed E-state index contributed by atoms with van der Waals surface area (Å²) in [5.41, 5.74) is 1.93. The standard InChI is InChI=1S/C21H24FN3O3/c1-13(2)17-10-19(25-16-5-3-4-15(22)9-16)23-12-18(17)21(27)24-11-14-6-7-28-20(26)8-14/h3-5,9-10,12-14H,6-8,11H2,1-2H3,(H,23,25)(H,24,27). The molecule has 0 radical (unpaired) electrons. The first kappa shape index (κ1) is 19.8. The van der Waals surface area contributed by atoms with Gasteiger partial charge in [-0.2, -0.15) is 0 Å². The van der Waals surface area contributed by atoms with E-state index in [0.717, 1.165) is 12.0 Å². The molecule has 2 N–H and O–H groups in total. The Balaban J connectivity index is 1.71. The van der Waals surface area contributed by atoms with Crippen molar-refractivity contribution in [3.8, 4) is 0 Å². The second-order valence-electron chi connectivity index (χ2n) is 7.24. The monoisotopic (exact) mass is 385 g/mol. The highest BCUT2D eigenvalue weighted by atomic mass is 19.1.